The van der Waals surface area contributed by atoms with Crippen LogP contribution in [0.3, 0.4) is 0 Å². The molecule has 23 heavy (non-hydrogen) atoms. The minimum absolute atomic E-state index is 0.00539. The van der Waals surface area contributed by atoms with Crippen LogP contribution in [0.5, 0.6) is 0 Å². The maximum absolute atomic E-state index is 11.8. The molecule has 0 spiro atoms. The summed E-state index contributed by atoms with van der Waals surface area (Å²) < 4.78 is 1.68. The first-order valence-corrected chi connectivity index (χ1v) is 8.28. The average molecular weight is 333 g/mol. The summed E-state index contributed by atoms with van der Waals surface area (Å²) in [6.07, 6.45) is 1.33. The zero-order chi connectivity index (χ0) is 16.4. The molecule has 1 fully saturated rings. The van der Waals surface area contributed by atoms with E-state index in [1.807, 2.05) is 30.3 Å². The summed E-state index contributed by atoms with van der Waals surface area (Å²) in [4.78, 5) is 14.0. The molecule has 0 bridgehead atoms. The monoisotopic (exact) mass is 332 g/mol. The van der Waals surface area contributed by atoms with Crippen LogP contribution in [0, 0.1) is 5.92 Å². The Hall–Kier alpha value is -1.78. The summed E-state index contributed by atoms with van der Waals surface area (Å²) in [7, 11) is 1.80. The van der Waals surface area contributed by atoms with Crippen molar-refractivity contribution >= 4 is 17.4 Å². The van der Waals surface area contributed by atoms with E-state index >= 15 is 0 Å². The molecule has 0 radical (unpaired) electrons. The van der Waals surface area contributed by atoms with Crippen molar-refractivity contribution in [3.8, 4) is 0 Å². The lowest BCUT2D eigenvalue weighted by Crippen LogP contribution is -2.38. The average Bonchev–Trinajstić information content (AvgIpc) is 2.58. The molecule has 5 heteroatoms. The fourth-order valence-corrected chi connectivity index (χ4v) is 3.37. The highest BCUT2D eigenvalue weighted by Crippen LogP contribution is 2.32. The number of aliphatic hydroxyl groups is 1. The van der Waals surface area contributed by atoms with Crippen molar-refractivity contribution in [1.82, 2.24) is 4.57 Å². The van der Waals surface area contributed by atoms with E-state index in [9.17, 15) is 9.90 Å². The van der Waals surface area contributed by atoms with Gasteiger partial charge in [-0.05, 0) is 42.5 Å². The lowest BCUT2D eigenvalue weighted by molar-refractivity contribution is 0.0928. The van der Waals surface area contributed by atoms with Gasteiger partial charge in [-0.3, -0.25) is 9.36 Å². The van der Waals surface area contributed by atoms with E-state index in [-0.39, 0.29) is 11.5 Å². The second-order valence-corrected chi connectivity index (χ2v) is 6.54. The molecular formula is C18H21ClN2O2. The van der Waals surface area contributed by atoms with Gasteiger partial charge < -0.3 is 10.0 Å². The molecule has 3 rings (SSSR count). The Labute approximate surface area is 140 Å². The Morgan fingerprint density at radius 1 is 1.13 bits per heavy atom. The second kappa shape index (κ2) is 6.77. The molecule has 1 atom stereocenters. The maximum atomic E-state index is 11.8. The third kappa shape index (κ3) is 3.43. The van der Waals surface area contributed by atoms with Crippen LogP contribution >= 0.6 is 11.6 Å². The van der Waals surface area contributed by atoms with Gasteiger partial charge in [0.1, 0.15) is 5.82 Å². The molecule has 4 nitrogen and oxygen atoms in total. The number of anilines is 1. The van der Waals surface area contributed by atoms with Gasteiger partial charge in [-0.2, -0.15) is 0 Å². The van der Waals surface area contributed by atoms with Gasteiger partial charge >= 0.3 is 0 Å². The molecule has 1 aromatic heterocycles. The summed E-state index contributed by atoms with van der Waals surface area (Å²) >= 11 is 5.90. The summed E-state index contributed by atoms with van der Waals surface area (Å²) in [6.45, 7) is 1.68. The maximum Gasteiger partial charge on any atom is 0.251 e. The third-order valence-corrected chi connectivity index (χ3v) is 4.93. The van der Waals surface area contributed by atoms with E-state index in [0.717, 1.165) is 37.3 Å². The van der Waals surface area contributed by atoms with Gasteiger partial charge in [-0.25, -0.2) is 0 Å². The molecule has 2 heterocycles. The van der Waals surface area contributed by atoms with Crippen LogP contribution < -0.4 is 10.5 Å². The van der Waals surface area contributed by atoms with Crippen LogP contribution in [-0.4, -0.2) is 22.8 Å². The van der Waals surface area contributed by atoms with Gasteiger partial charge in [-0.1, -0.05) is 29.8 Å². The highest BCUT2D eigenvalue weighted by atomic mass is 35.5. The van der Waals surface area contributed by atoms with E-state index in [1.54, 1.807) is 23.7 Å². The molecule has 122 valence electrons. The van der Waals surface area contributed by atoms with Crippen LogP contribution in [0.4, 0.5) is 5.82 Å². The zero-order valence-corrected chi connectivity index (χ0v) is 13.9. The van der Waals surface area contributed by atoms with Crippen molar-refractivity contribution in [3.05, 3.63) is 63.4 Å². The minimum atomic E-state index is -0.464. The summed E-state index contributed by atoms with van der Waals surface area (Å²) in [5.74, 6) is 1.17. The number of hydrogen-bond acceptors (Lipinski definition) is 3. The van der Waals surface area contributed by atoms with Crippen molar-refractivity contribution in [2.45, 2.75) is 18.9 Å². The van der Waals surface area contributed by atoms with E-state index < -0.39 is 6.10 Å². The lowest BCUT2D eigenvalue weighted by atomic mass is 9.87. The number of aliphatic hydroxyl groups excluding tert-OH is 1. The van der Waals surface area contributed by atoms with E-state index in [0.29, 0.717) is 5.02 Å². The molecule has 2 aromatic rings. The minimum Gasteiger partial charge on any atom is -0.388 e. The predicted molar refractivity (Wildman–Crippen MR) is 93.0 cm³/mol. The van der Waals surface area contributed by atoms with Gasteiger partial charge in [-0.15, -0.1) is 0 Å². The van der Waals surface area contributed by atoms with Gasteiger partial charge in [0.2, 0.25) is 0 Å². The zero-order valence-electron chi connectivity index (χ0n) is 13.2. The highest BCUT2D eigenvalue weighted by molar-refractivity contribution is 6.30. The standard InChI is InChI=1S/C18H21ClN2O2/c1-20-16(3-2-4-17(20)22)21-11-9-14(10-12-21)18(23)13-5-7-15(19)8-6-13/h2-8,14,18,23H,9-12H2,1H3. The van der Waals surface area contributed by atoms with Crippen molar-refractivity contribution < 1.29 is 5.11 Å². The fourth-order valence-electron chi connectivity index (χ4n) is 3.25. The molecule has 1 N–H and O–H groups in total. The molecule has 1 aliphatic heterocycles. The Morgan fingerprint density at radius 2 is 1.78 bits per heavy atom. The first-order chi connectivity index (χ1) is 11.1. The number of nitrogens with zero attached hydrogens (tertiary/aromatic N) is 2. The molecule has 0 aliphatic carbocycles. The molecule has 0 amide bonds. The second-order valence-electron chi connectivity index (χ2n) is 6.10. The molecule has 1 saturated heterocycles. The van der Waals surface area contributed by atoms with Crippen molar-refractivity contribution in [3.63, 3.8) is 0 Å². The van der Waals surface area contributed by atoms with Gasteiger partial charge in [0.15, 0.2) is 0 Å². The SMILES string of the molecule is Cn1c(N2CCC(C(O)c3ccc(Cl)cc3)CC2)cccc1=O. The van der Waals surface area contributed by atoms with Crippen molar-refractivity contribution in [2.75, 3.05) is 18.0 Å². The Morgan fingerprint density at radius 3 is 2.43 bits per heavy atom. The first kappa shape index (κ1) is 16.1. The Balaban J connectivity index is 1.67. The number of rotatable bonds is 3. The van der Waals surface area contributed by atoms with Gasteiger partial charge in [0.05, 0.1) is 6.10 Å². The molecule has 0 saturated carbocycles. The molecule has 1 aromatic carbocycles. The van der Waals surface area contributed by atoms with Crippen LogP contribution in [0.15, 0.2) is 47.3 Å². The van der Waals surface area contributed by atoms with E-state index in [4.69, 9.17) is 11.6 Å². The topological polar surface area (TPSA) is 45.5 Å². The normalized spacial score (nSPS) is 17.3. The summed E-state index contributed by atoms with van der Waals surface area (Å²) in [5.41, 5.74) is 0.922. The van der Waals surface area contributed by atoms with E-state index in [2.05, 4.69) is 4.90 Å². The summed E-state index contributed by atoms with van der Waals surface area (Å²) in [6, 6.07) is 12.7. The Bertz CT molecular complexity index is 719. The van der Waals surface area contributed by atoms with Crippen LogP contribution in [-0.2, 0) is 7.05 Å². The van der Waals surface area contributed by atoms with Crippen LogP contribution in [0.25, 0.3) is 0 Å². The molecule has 1 aliphatic rings. The first-order valence-electron chi connectivity index (χ1n) is 7.91. The van der Waals surface area contributed by atoms with Crippen LogP contribution in [0.2, 0.25) is 5.02 Å². The number of piperidine rings is 1. The number of aromatic nitrogens is 1. The number of pyridine rings is 1. The number of halogens is 1. The third-order valence-electron chi connectivity index (χ3n) is 4.68. The molecular weight excluding hydrogens is 312 g/mol. The quantitative estimate of drug-likeness (QED) is 0.939. The van der Waals surface area contributed by atoms with Gasteiger partial charge in [0, 0.05) is 31.2 Å². The number of benzene rings is 1. The fraction of sp³-hybridized carbons (Fsp3) is 0.389. The number of hydrogen-bond donors (Lipinski definition) is 1. The highest BCUT2D eigenvalue weighted by Gasteiger charge is 2.27. The lowest BCUT2D eigenvalue weighted by Gasteiger charge is -2.36. The van der Waals surface area contributed by atoms with Crippen molar-refractivity contribution in [1.29, 1.82) is 0 Å². The van der Waals surface area contributed by atoms with Crippen LogP contribution in [0.1, 0.15) is 24.5 Å². The predicted octanol–water partition coefficient (Wildman–Crippen LogP) is 2.99. The smallest absolute Gasteiger partial charge is 0.251 e. The van der Waals surface area contributed by atoms with E-state index in [1.165, 1.54) is 0 Å². The van der Waals surface area contributed by atoms with Crippen molar-refractivity contribution in [2.24, 2.45) is 13.0 Å². The van der Waals surface area contributed by atoms with Gasteiger partial charge in [0.25, 0.3) is 5.56 Å². The molecule has 1 unspecified atom stereocenters. The largest absolute Gasteiger partial charge is 0.388 e. The summed E-state index contributed by atoms with van der Waals surface area (Å²) in [5, 5.41) is 11.3. The Kier molecular flexibility index (Phi) is 4.74.